The predicted molar refractivity (Wildman–Crippen MR) is 72.2 cm³/mol. The molecule has 1 N–H and O–H groups in total. The molecule has 4 nitrogen and oxygen atoms in total. The Kier molecular flexibility index (Phi) is 4.25. The molecule has 0 aliphatic heterocycles. The number of hydrogen-bond acceptors (Lipinski definition) is 4. The van der Waals surface area contributed by atoms with Crippen LogP contribution in [0, 0.1) is 0 Å². The monoisotopic (exact) mass is 312 g/mol. The first-order chi connectivity index (χ1) is 10.3. The van der Waals surface area contributed by atoms with Crippen molar-refractivity contribution < 1.29 is 32.5 Å². The van der Waals surface area contributed by atoms with Gasteiger partial charge in [-0.15, -0.1) is 13.2 Å². The second kappa shape index (κ2) is 5.97. The van der Waals surface area contributed by atoms with Crippen molar-refractivity contribution in [1.82, 2.24) is 0 Å². The lowest BCUT2D eigenvalue weighted by atomic mass is 9.99. The van der Waals surface area contributed by atoms with Crippen molar-refractivity contribution in [3.05, 3.63) is 42.0 Å². The maximum atomic E-state index is 12.1. The number of aldehydes is 1. The molecule has 0 saturated carbocycles. The summed E-state index contributed by atoms with van der Waals surface area (Å²) in [7, 11) is 1.34. The molecule has 116 valence electrons. The quantitative estimate of drug-likeness (QED) is 0.873. The standard InChI is InChI=1S/C15H11F3O4/c1-21-14-6-10(8-19)12(7-13(14)20)9-2-4-11(5-3-9)22-15(16,17)18/h2-8,20H,1H3. The van der Waals surface area contributed by atoms with Crippen molar-refractivity contribution in [1.29, 1.82) is 0 Å². The number of methoxy groups -OCH3 is 1. The molecule has 2 rings (SSSR count). The normalized spacial score (nSPS) is 11.1. The molecule has 0 bridgehead atoms. The van der Waals surface area contributed by atoms with Gasteiger partial charge in [-0.3, -0.25) is 4.79 Å². The number of alkyl halides is 3. The van der Waals surface area contributed by atoms with Crippen LogP contribution in [0.25, 0.3) is 11.1 Å². The van der Waals surface area contributed by atoms with E-state index in [1.807, 2.05) is 0 Å². The zero-order chi connectivity index (χ0) is 16.3. The summed E-state index contributed by atoms with van der Waals surface area (Å²) in [6, 6.07) is 7.61. The number of halogens is 3. The second-order valence-electron chi connectivity index (χ2n) is 4.30. The Morgan fingerprint density at radius 3 is 2.27 bits per heavy atom. The topological polar surface area (TPSA) is 55.8 Å². The lowest BCUT2D eigenvalue weighted by Gasteiger charge is -2.11. The van der Waals surface area contributed by atoms with Gasteiger partial charge in [0.05, 0.1) is 7.11 Å². The Balaban J connectivity index is 2.40. The van der Waals surface area contributed by atoms with E-state index >= 15 is 0 Å². The maximum absolute atomic E-state index is 12.1. The van der Waals surface area contributed by atoms with E-state index in [0.29, 0.717) is 17.4 Å². The molecule has 0 radical (unpaired) electrons. The van der Waals surface area contributed by atoms with Gasteiger partial charge in [0.25, 0.3) is 0 Å². The molecule has 0 aromatic heterocycles. The molecule has 0 spiro atoms. The molecule has 0 aliphatic carbocycles. The summed E-state index contributed by atoms with van der Waals surface area (Å²) in [4.78, 5) is 11.1. The zero-order valence-corrected chi connectivity index (χ0v) is 11.3. The average molecular weight is 312 g/mol. The number of phenols is 1. The van der Waals surface area contributed by atoms with E-state index in [4.69, 9.17) is 4.74 Å². The molecule has 22 heavy (non-hydrogen) atoms. The summed E-state index contributed by atoms with van der Waals surface area (Å²) in [5, 5.41) is 9.77. The van der Waals surface area contributed by atoms with Crippen molar-refractivity contribution in [2.24, 2.45) is 0 Å². The molecule has 0 amide bonds. The molecule has 0 fully saturated rings. The van der Waals surface area contributed by atoms with Gasteiger partial charge in [0.15, 0.2) is 17.8 Å². The fourth-order valence-corrected chi connectivity index (χ4v) is 1.93. The highest BCUT2D eigenvalue weighted by Gasteiger charge is 2.31. The van der Waals surface area contributed by atoms with Gasteiger partial charge in [-0.05, 0) is 35.4 Å². The van der Waals surface area contributed by atoms with E-state index in [1.54, 1.807) is 0 Å². The Labute approximate surface area is 123 Å². The first-order valence-corrected chi connectivity index (χ1v) is 6.06. The van der Waals surface area contributed by atoms with Crippen LogP contribution in [-0.2, 0) is 0 Å². The Morgan fingerprint density at radius 1 is 1.14 bits per heavy atom. The van der Waals surface area contributed by atoms with Crippen LogP contribution in [0.5, 0.6) is 17.2 Å². The van der Waals surface area contributed by atoms with Crippen LogP contribution in [0.2, 0.25) is 0 Å². The lowest BCUT2D eigenvalue weighted by molar-refractivity contribution is -0.274. The third-order valence-electron chi connectivity index (χ3n) is 2.88. The average Bonchev–Trinajstić information content (AvgIpc) is 2.46. The van der Waals surface area contributed by atoms with Gasteiger partial charge in [-0.2, -0.15) is 0 Å². The summed E-state index contributed by atoms with van der Waals surface area (Å²) < 4.78 is 45.0. The zero-order valence-electron chi connectivity index (χ0n) is 11.3. The van der Waals surface area contributed by atoms with E-state index in [-0.39, 0.29) is 22.8 Å². The summed E-state index contributed by atoms with van der Waals surface area (Å²) in [6.07, 6.45) is -4.20. The first kappa shape index (κ1) is 15.7. The molecule has 7 heteroatoms. The van der Waals surface area contributed by atoms with Crippen molar-refractivity contribution in [3.8, 4) is 28.4 Å². The van der Waals surface area contributed by atoms with Crippen molar-refractivity contribution in [2.75, 3.05) is 7.11 Å². The van der Waals surface area contributed by atoms with Crippen LogP contribution in [0.4, 0.5) is 13.2 Å². The number of carbonyl (C=O) groups is 1. The molecule has 0 unspecified atom stereocenters. The van der Waals surface area contributed by atoms with Crippen molar-refractivity contribution >= 4 is 6.29 Å². The van der Waals surface area contributed by atoms with Gasteiger partial charge in [0.2, 0.25) is 0 Å². The van der Waals surface area contributed by atoms with Gasteiger partial charge >= 0.3 is 6.36 Å². The van der Waals surface area contributed by atoms with E-state index < -0.39 is 6.36 Å². The van der Waals surface area contributed by atoms with E-state index in [0.717, 1.165) is 12.1 Å². The molecule has 0 saturated heterocycles. The van der Waals surface area contributed by atoms with Crippen LogP contribution >= 0.6 is 0 Å². The highest BCUT2D eigenvalue weighted by Crippen LogP contribution is 2.35. The molecule has 2 aromatic rings. The summed E-state index contributed by atoms with van der Waals surface area (Å²) in [5.41, 5.74) is 1.06. The Hall–Kier alpha value is -2.70. The smallest absolute Gasteiger partial charge is 0.504 e. The van der Waals surface area contributed by atoms with Crippen LogP contribution in [0.3, 0.4) is 0 Å². The third kappa shape index (κ3) is 3.49. The van der Waals surface area contributed by atoms with E-state index in [2.05, 4.69) is 4.74 Å². The van der Waals surface area contributed by atoms with Gasteiger partial charge in [0, 0.05) is 5.56 Å². The van der Waals surface area contributed by atoms with Gasteiger partial charge in [-0.1, -0.05) is 12.1 Å². The molecule has 0 heterocycles. The van der Waals surface area contributed by atoms with Crippen LogP contribution in [0.15, 0.2) is 36.4 Å². The Morgan fingerprint density at radius 2 is 1.77 bits per heavy atom. The maximum Gasteiger partial charge on any atom is 0.573 e. The summed E-state index contributed by atoms with van der Waals surface area (Å²) >= 11 is 0. The number of carbonyl (C=O) groups excluding carboxylic acids is 1. The summed E-state index contributed by atoms with van der Waals surface area (Å²) in [5.74, 6) is -0.428. The SMILES string of the molecule is COc1cc(C=O)c(-c2ccc(OC(F)(F)F)cc2)cc1O. The van der Waals surface area contributed by atoms with Gasteiger partial charge in [0.1, 0.15) is 5.75 Å². The largest absolute Gasteiger partial charge is 0.573 e. The molecular formula is C15H11F3O4. The summed E-state index contributed by atoms with van der Waals surface area (Å²) in [6.45, 7) is 0. The number of benzene rings is 2. The third-order valence-corrected chi connectivity index (χ3v) is 2.88. The van der Waals surface area contributed by atoms with E-state index in [9.17, 15) is 23.1 Å². The molecule has 0 atom stereocenters. The minimum atomic E-state index is -4.77. The van der Waals surface area contributed by atoms with Gasteiger partial charge in [-0.25, -0.2) is 0 Å². The van der Waals surface area contributed by atoms with Crippen molar-refractivity contribution in [2.45, 2.75) is 6.36 Å². The first-order valence-electron chi connectivity index (χ1n) is 6.06. The van der Waals surface area contributed by atoms with Crippen LogP contribution in [-0.4, -0.2) is 24.9 Å². The fraction of sp³-hybridized carbons (Fsp3) is 0.133. The van der Waals surface area contributed by atoms with E-state index in [1.165, 1.54) is 31.4 Å². The minimum Gasteiger partial charge on any atom is -0.504 e. The minimum absolute atomic E-state index is 0.128. The molecule has 0 aliphatic rings. The lowest BCUT2D eigenvalue weighted by Crippen LogP contribution is -2.16. The molecule has 2 aromatic carbocycles. The molecular weight excluding hydrogens is 301 g/mol. The highest BCUT2D eigenvalue weighted by molar-refractivity contribution is 5.89. The van der Waals surface area contributed by atoms with Crippen LogP contribution < -0.4 is 9.47 Å². The number of hydrogen-bond donors (Lipinski definition) is 1. The highest BCUT2D eigenvalue weighted by atomic mass is 19.4. The Bertz CT molecular complexity index is 678. The van der Waals surface area contributed by atoms with Gasteiger partial charge < -0.3 is 14.6 Å². The predicted octanol–water partition coefficient (Wildman–Crippen LogP) is 3.78. The number of ether oxygens (including phenoxy) is 2. The number of rotatable bonds is 4. The number of phenolic OH excluding ortho intramolecular Hbond substituents is 1. The fourth-order valence-electron chi connectivity index (χ4n) is 1.93. The van der Waals surface area contributed by atoms with Crippen molar-refractivity contribution in [3.63, 3.8) is 0 Å². The second-order valence-corrected chi connectivity index (χ2v) is 4.30. The van der Waals surface area contributed by atoms with Crippen LogP contribution in [0.1, 0.15) is 10.4 Å². The number of aromatic hydroxyl groups is 1.